The lowest BCUT2D eigenvalue weighted by Gasteiger charge is -2.04. The van der Waals surface area contributed by atoms with E-state index in [-0.39, 0.29) is 5.56 Å². The zero-order valence-electron chi connectivity index (χ0n) is 19.1. The Morgan fingerprint density at radius 3 is 2.17 bits per heavy atom. The lowest BCUT2D eigenvalue weighted by Crippen LogP contribution is -1.95. The first-order chi connectivity index (χ1) is 17.0. The van der Waals surface area contributed by atoms with Gasteiger partial charge in [0, 0.05) is 27.9 Å². The van der Waals surface area contributed by atoms with Crippen LogP contribution in [0.15, 0.2) is 72.8 Å². The van der Waals surface area contributed by atoms with Crippen LogP contribution in [0, 0.1) is 29.3 Å². The summed E-state index contributed by atoms with van der Waals surface area (Å²) in [5, 5.41) is 2.17. The van der Waals surface area contributed by atoms with E-state index < -0.39 is 17.5 Å². The van der Waals surface area contributed by atoms with E-state index in [1.807, 2.05) is 36.4 Å². The van der Waals surface area contributed by atoms with Gasteiger partial charge in [0.05, 0.1) is 17.7 Å². The van der Waals surface area contributed by atoms with Gasteiger partial charge in [0.2, 0.25) is 0 Å². The molecule has 0 saturated heterocycles. The molecular weight excluding hydrogens is 447 g/mol. The third-order valence-corrected chi connectivity index (χ3v) is 5.90. The van der Waals surface area contributed by atoms with E-state index >= 15 is 0 Å². The fourth-order valence-corrected chi connectivity index (χ4v) is 4.00. The zero-order valence-corrected chi connectivity index (χ0v) is 19.1. The van der Waals surface area contributed by atoms with Gasteiger partial charge >= 0.3 is 0 Å². The second kappa shape index (κ2) is 9.60. The van der Waals surface area contributed by atoms with E-state index in [0.29, 0.717) is 17.7 Å². The van der Waals surface area contributed by atoms with E-state index in [1.165, 1.54) is 12.1 Å². The van der Waals surface area contributed by atoms with Crippen LogP contribution in [0.2, 0.25) is 0 Å². The zero-order chi connectivity index (χ0) is 24.4. The van der Waals surface area contributed by atoms with Gasteiger partial charge < -0.3 is 9.72 Å². The second-order valence-electron chi connectivity index (χ2n) is 8.37. The maximum atomic E-state index is 14.7. The summed E-state index contributed by atoms with van der Waals surface area (Å²) in [4.78, 5) is 3.41. The lowest BCUT2D eigenvalue weighted by atomic mass is 10.0. The molecular formula is C30H22F3NO. The van der Waals surface area contributed by atoms with Gasteiger partial charge in [0.15, 0.2) is 11.6 Å². The molecule has 174 valence electrons. The fourth-order valence-electron chi connectivity index (χ4n) is 4.00. The highest BCUT2D eigenvalue weighted by Gasteiger charge is 2.08. The first-order valence-electron chi connectivity index (χ1n) is 11.5. The van der Waals surface area contributed by atoms with Crippen molar-refractivity contribution in [2.45, 2.75) is 19.8 Å². The predicted octanol–water partition coefficient (Wildman–Crippen LogP) is 7.98. The van der Waals surface area contributed by atoms with Crippen LogP contribution < -0.4 is 4.74 Å². The molecule has 5 aromatic rings. The van der Waals surface area contributed by atoms with Crippen molar-refractivity contribution in [2.75, 3.05) is 6.61 Å². The van der Waals surface area contributed by atoms with Crippen molar-refractivity contribution in [3.63, 3.8) is 0 Å². The van der Waals surface area contributed by atoms with E-state index in [9.17, 15) is 13.2 Å². The van der Waals surface area contributed by atoms with Gasteiger partial charge in [-0.2, -0.15) is 0 Å². The number of H-pyrrole nitrogens is 1. The number of halogens is 3. The number of ether oxygens (including phenoxy) is 1. The first-order valence-corrected chi connectivity index (χ1v) is 11.5. The summed E-state index contributed by atoms with van der Waals surface area (Å²) in [5.41, 5.74) is 3.73. The van der Waals surface area contributed by atoms with Crippen molar-refractivity contribution in [3.05, 3.63) is 101 Å². The second-order valence-corrected chi connectivity index (χ2v) is 8.37. The van der Waals surface area contributed by atoms with Crippen molar-refractivity contribution < 1.29 is 17.9 Å². The SMILES string of the molecule is CCCCOc1ccc2c(c1)[nH]c1cc(C#Cc3ccc(-c4ccc(F)c(F)c4)cc3F)ccc12. The highest BCUT2D eigenvalue weighted by atomic mass is 19.2. The minimum absolute atomic E-state index is 0.224. The van der Waals surface area contributed by atoms with Crippen molar-refractivity contribution in [1.29, 1.82) is 0 Å². The van der Waals surface area contributed by atoms with Crippen molar-refractivity contribution in [3.8, 4) is 28.7 Å². The van der Waals surface area contributed by atoms with Crippen LogP contribution in [0.5, 0.6) is 5.75 Å². The van der Waals surface area contributed by atoms with Crippen LogP contribution in [0.3, 0.4) is 0 Å². The molecule has 35 heavy (non-hydrogen) atoms. The Hall–Kier alpha value is -4.17. The Morgan fingerprint density at radius 2 is 1.43 bits per heavy atom. The third-order valence-electron chi connectivity index (χ3n) is 5.90. The van der Waals surface area contributed by atoms with Crippen molar-refractivity contribution in [2.24, 2.45) is 0 Å². The molecule has 5 rings (SSSR count). The summed E-state index contributed by atoms with van der Waals surface area (Å²) in [6, 6.07) is 19.8. The van der Waals surface area contributed by atoms with E-state index in [1.54, 1.807) is 12.1 Å². The number of fused-ring (bicyclic) bond motifs is 3. The van der Waals surface area contributed by atoms with Gasteiger partial charge in [-0.15, -0.1) is 0 Å². The minimum atomic E-state index is -0.973. The minimum Gasteiger partial charge on any atom is -0.494 e. The van der Waals surface area contributed by atoms with Crippen LogP contribution in [-0.2, 0) is 0 Å². The van der Waals surface area contributed by atoms with Gasteiger partial charge in [-0.1, -0.05) is 43.4 Å². The number of aromatic nitrogens is 1. The molecule has 2 nitrogen and oxygen atoms in total. The summed E-state index contributed by atoms with van der Waals surface area (Å²) in [6.45, 7) is 2.82. The van der Waals surface area contributed by atoms with Gasteiger partial charge in [-0.25, -0.2) is 13.2 Å². The molecule has 5 heteroatoms. The molecule has 0 aliphatic rings. The van der Waals surface area contributed by atoms with Gasteiger partial charge in [0.1, 0.15) is 11.6 Å². The summed E-state index contributed by atoms with van der Waals surface area (Å²) in [6.07, 6.45) is 2.10. The van der Waals surface area contributed by atoms with E-state index in [2.05, 4.69) is 23.7 Å². The predicted molar refractivity (Wildman–Crippen MR) is 134 cm³/mol. The summed E-state index contributed by atoms with van der Waals surface area (Å²) in [5.74, 6) is 4.28. The molecule has 0 amide bonds. The smallest absolute Gasteiger partial charge is 0.159 e. The Morgan fingerprint density at radius 1 is 0.714 bits per heavy atom. The molecule has 0 unspecified atom stereocenters. The lowest BCUT2D eigenvalue weighted by molar-refractivity contribution is 0.310. The van der Waals surface area contributed by atoms with Crippen LogP contribution in [0.1, 0.15) is 30.9 Å². The van der Waals surface area contributed by atoms with E-state index in [4.69, 9.17) is 4.74 Å². The third kappa shape index (κ3) is 4.74. The average Bonchev–Trinajstić information content (AvgIpc) is 3.22. The molecule has 0 aliphatic heterocycles. The summed E-state index contributed by atoms with van der Waals surface area (Å²) in [7, 11) is 0. The van der Waals surface area contributed by atoms with Gasteiger partial charge in [-0.3, -0.25) is 0 Å². The number of nitrogens with one attached hydrogen (secondary N) is 1. The molecule has 0 fully saturated rings. The molecule has 1 aromatic heterocycles. The molecule has 0 radical (unpaired) electrons. The fraction of sp³-hybridized carbons (Fsp3) is 0.133. The van der Waals surface area contributed by atoms with Gasteiger partial charge in [0.25, 0.3) is 0 Å². The Bertz CT molecular complexity index is 1610. The number of benzene rings is 4. The van der Waals surface area contributed by atoms with Crippen molar-refractivity contribution in [1.82, 2.24) is 4.98 Å². The maximum Gasteiger partial charge on any atom is 0.159 e. The molecule has 0 atom stereocenters. The molecule has 0 saturated carbocycles. The number of hydrogen-bond donors (Lipinski definition) is 1. The highest BCUT2D eigenvalue weighted by molar-refractivity contribution is 6.07. The summed E-state index contributed by atoms with van der Waals surface area (Å²) >= 11 is 0. The quantitative estimate of drug-likeness (QED) is 0.205. The van der Waals surface area contributed by atoms with Crippen LogP contribution >= 0.6 is 0 Å². The molecule has 1 heterocycles. The van der Waals surface area contributed by atoms with Crippen LogP contribution in [0.25, 0.3) is 32.9 Å². The number of aromatic amines is 1. The molecule has 0 bridgehead atoms. The average molecular weight is 470 g/mol. The number of hydrogen-bond acceptors (Lipinski definition) is 1. The molecule has 1 N–H and O–H groups in total. The maximum absolute atomic E-state index is 14.7. The molecule has 0 spiro atoms. The Labute approximate surface area is 201 Å². The van der Waals surface area contributed by atoms with Crippen molar-refractivity contribution >= 4 is 21.8 Å². The normalized spacial score (nSPS) is 11.0. The highest BCUT2D eigenvalue weighted by Crippen LogP contribution is 2.29. The molecule has 4 aromatic carbocycles. The Kier molecular flexibility index (Phi) is 6.20. The topological polar surface area (TPSA) is 25.0 Å². The first kappa shape index (κ1) is 22.6. The van der Waals surface area contributed by atoms with E-state index in [0.717, 1.165) is 58.1 Å². The summed E-state index contributed by atoms with van der Waals surface area (Å²) < 4.78 is 47.2. The molecule has 0 aliphatic carbocycles. The number of rotatable bonds is 5. The Balaban J connectivity index is 1.40. The van der Waals surface area contributed by atoms with Gasteiger partial charge in [-0.05, 0) is 66.1 Å². The monoisotopic (exact) mass is 469 g/mol. The number of unbranched alkanes of at least 4 members (excludes halogenated alkanes) is 1. The van der Waals surface area contributed by atoms with Crippen LogP contribution in [-0.4, -0.2) is 11.6 Å². The largest absolute Gasteiger partial charge is 0.494 e. The standard InChI is InChI=1S/C30H22F3NO/c1-2-3-14-35-23-10-12-25-24-11-5-19(15-29(24)34-30(25)18-23)4-6-20-7-8-21(16-27(20)32)22-9-13-26(31)28(33)17-22/h5,7-13,15-18,34H,2-3,14H2,1H3. The van der Waals surface area contributed by atoms with Crippen LogP contribution in [0.4, 0.5) is 13.2 Å².